The Bertz CT molecular complexity index is 1440. The Morgan fingerprint density at radius 3 is 1.50 bits per heavy atom. The van der Waals surface area contributed by atoms with E-state index < -0.39 is 0 Å². The van der Waals surface area contributed by atoms with Crippen molar-refractivity contribution in [1.29, 1.82) is 0 Å². The second-order valence-electron chi connectivity index (χ2n) is 13.1. The zero-order valence-electron chi connectivity index (χ0n) is 25.9. The minimum absolute atomic E-state index is 0. The smallest absolute Gasteiger partial charge is 1.00 e. The number of halogens is 2. The van der Waals surface area contributed by atoms with Crippen molar-refractivity contribution in [1.82, 2.24) is 0 Å². The molecule has 3 aliphatic rings. The van der Waals surface area contributed by atoms with Crippen molar-refractivity contribution >= 4 is 35.9 Å². The average Bonchev–Trinajstić information content (AvgIpc) is 3.38. The van der Waals surface area contributed by atoms with Gasteiger partial charge in [-0.1, -0.05) is 75.9 Å². The van der Waals surface area contributed by atoms with Crippen LogP contribution in [0.25, 0.3) is 32.7 Å². The van der Waals surface area contributed by atoms with E-state index in [1.54, 1.807) is 24.2 Å². The predicted octanol–water partition coefficient (Wildman–Crippen LogP) is 4.58. The van der Waals surface area contributed by atoms with Gasteiger partial charge in [0.15, 0.2) is 0 Å². The van der Waals surface area contributed by atoms with E-state index in [2.05, 4.69) is 124 Å². The van der Waals surface area contributed by atoms with Crippen LogP contribution in [0.3, 0.4) is 0 Å². The van der Waals surface area contributed by atoms with Gasteiger partial charge in [0, 0.05) is 0 Å². The SMILES string of the molecule is CC1=CC(C)[C-]=C1.CC1=CCC(C)(C)c2cc3[cH-]c4cc5c(cc4c3cc21)C(C)=CCC5(C)C.C[C](C)=[Zr+2].[Cl-].[Cl-]. The van der Waals surface area contributed by atoms with Crippen molar-refractivity contribution in [2.45, 2.75) is 92.9 Å². The third-order valence-corrected chi connectivity index (χ3v) is 8.21. The van der Waals surface area contributed by atoms with E-state index in [1.807, 2.05) is 6.08 Å². The van der Waals surface area contributed by atoms with Crippen molar-refractivity contribution in [3.8, 4) is 0 Å². The molecule has 0 saturated carbocycles. The van der Waals surface area contributed by atoms with Gasteiger partial charge in [0.05, 0.1) is 0 Å². The fourth-order valence-electron chi connectivity index (χ4n) is 5.89. The summed E-state index contributed by atoms with van der Waals surface area (Å²) < 4.78 is 1.51. The molecule has 0 heterocycles. The first-order valence-electron chi connectivity index (χ1n) is 14.1. The van der Waals surface area contributed by atoms with Crippen LogP contribution in [0.2, 0.25) is 0 Å². The van der Waals surface area contributed by atoms with Gasteiger partial charge in [-0.2, -0.15) is 6.08 Å². The molecule has 0 radical (unpaired) electrons. The summed E-state index contributed by atoms with van der Waals surface area (Å²) >= 11 is 1.55. The molecule has 0 spiro atoms. The van der Waals surface area contributed by atoms with Crippen molar-refractivity contribution in [3.05, 3.63) is 88.5 Å². The summed E-state index contributed by atoms with van der Waals surface area (Å²) in [5, 5.41) is 5.61. The van der Waals surface area contributed by atoms with Gasteiger partial charge in [0.2, 0.25) is 0 Å². The molecule has 0 aliphatic heterocycles. The van der Waals surface area contributed by atoms with E-state index in [1.165, 1.54) is 63.7 Å². The van der Waals surface area contributed by atoms with Crippen molar-refractivity contribution in [3.63, 3.8) is 0 Å². The Labute approximate surface area is 270 Å². The van der Waals surface area contributed by atoms with E-state index >= 15 is 0 Å². The van der Waals surface area contributed by atoms with Crippen molar-refractivity contribution in [2.75, 3.05) is 0 Å². The zero-order valence-corrected chi connectivity index (χ0v) is 29.9. The summed E-state index contributed by atoms with van der Waals surface area (Å²) in [7, 11) is 0. The Kier molecular flexibility index (Phi) is 11.6. The van der Waals surface area contributed by atoms with Crippen LogP contribution in [0.15, 0.2) is 60.2 Å². The number of fused-ring (bicyclic) bond motifs is 5. The molecule has 212 valence electrons. The minimum Gasteiger partial charge on any atom is -1.00 e. The number of hydrogen-bond acceptors (Lipinski definition) is 0. The molecule has 3 aliphatic carbocycles. The van der Waals surface area contributed by atoms with Gasteiger partial charge in [-0.3, -0.25) is 6.08 Å². The Morgan fingerprint density at radius 2 is 1.20 bits per heavy atom. The molecule has 1 atom stereocenters. The van der Waals surface area contributed by atoms with Crippen LogP contribution in [0.4, 0.5) is 0 Å². The van der Waals surface area contributed by atoms with Gasteiger partial charge in [-0.05, 0) is 59.8 Å². The maximum absolute atomic E-state index is 3.15. The van der Waals surface area contributed by atoms with E-state index in [0.29, 0.717) is 5.92 Å². The molecule has 0 saturated heterocycles. The van der Waals surface area contributed by atoms with E-state index in [4.69, 9.17) is 0 Å². The van der Waals surface area contributed by atoms with Gasteiger partial charge in [0.1, 0.15) is 0 Å². The monoisotopic (exact) mass is 648 g/mol. The van der Waals surface area contributed by atoms with Crippen LogP contribution >= 0.6 is 0 Å². The van der Waals surface area contributed by atoms with Crippen LogP contribution in [0, 0.1) is 12.0 Å². The first-order chi connectivity index (χ1) is 17.7. The molecular formula is C37H44Cl2Zr-2. The Balaban J connectivity index is 0.000000366. The third kappa shape index (κ3) is 7.32. The van der Waals surface area contributed by atoms with Crippen molar-refractivity contribution < 1.29 is 49.0 Å². The first kappa shape index (κ1) is 34.8. The Hall–Kier alpha value is -1.40. The molecule has 40 heavy (non-hydrogen) atoms. The number of rotatable bonds is 0. The third-order valence-electron chi connectivity index (χ3n) is 8.21. The van der Waals surface area contributed by atoms with Crippen molar-refractivity contribution in [2.24, 2.45) is 5.92 Å². The summed E-state index contributed by atoms with van der Waals surface area (Å²) in [6.45, 7) is 22.5. The molecule has 3 aromatic carbocycles. The molecule has 0 aromatic heterocycles. The maximum Gasteiger partial charge on any atom is -1.00 e. The summed E-state index contributed by atoms with van der Waals surface area (Å²) in [5.41, 5.74) is 10.5. The minimum atomic E-state index is 0. The molecule has 0 bridgehead atoms. The van der Waals surface area contributed by atoms with E-state index in [9.17, 15) is 0 Å². The van der Waals surface area contributed by atoms with Gasteiger partial charge in [-0.15, -0.1) is 46.7 Å². The molecule has 6 rings (SSSR count). The van der Waals surface area contributed by atoms with Gasteiger partial charge >= 0.3 is 41.3 Å². The fraction of sp³-hybridized carbons (Fsp3) is 0.405. The molecular weight excluding hydrogens is 607 g/mol. The Morgan fingerprint density at radius 1 is 0.800 bits per heavy atom. The molecule has 0 fully saturated rings. The largest absolute Gasteiger partial charge is 1.00 e. The number of hydrogen-bond donors (Lipinski definition) is 0. The van der Waals surface area contributed by atoms with E-state index in [0.717, 1.165) is 12.8 Å². The first-order valence-corrected chi connectivity index (χ1v) is 15.3. The average molecular weight is 651 g/mol. The van der Waals surface area contributed by atoms with Gasteiger partial charge in [-0.25, -0.2) is 11.6 Å². The zero-order chi connectivity index (χ0) is 28.0. The van der Waals surface area contributed by atoms with Crippen LogP contribution in [0.1, 0.15) is 104 Å². The second-order valence-corrected chi connectivity index (χ2v) is 15.5. The number of allylic oxidation sites excluding steroid dienone is 8. The number of benzene rings is 2. The standard InChI is InChI=1S/C27H29.C7H9.C3H6.2ClH.Zr/c1-16-7-9-26(3,4)24-12-18-11-19-13-25-21(17(2)8-10-27(25,5)6)15-23(19)22(18)14-20(16)24;1-6-3-4-7(2)5-6;1-3-2;;;/h7-8,11-15H,9-10H2,1-6H3;3,5,7H,1-2H3;1-2H3;2*1H;/q2*-1;;;;+2/p-2. The van der Waals surface area contributed by atoms with Crippen LogP contribution in [-0.2, 0) is 35.1 Å². The van der Waals surface area contributed by atoms with Gasteiger partial charge in [0.25, 0.3) is 0 Å². The van der Waals surface area contributed by atoms with Gasteiger partial charge < -0.3 is 24.8 Å². The molecule has 3 heteroatoms. The molecule has 0 nitrogen and oxygen atoms in total. The summed E-state index contributed by atoms with van der Waals surface area (Å²) in [6.07, 6.45) is 14.5. The van der Waals surface area contributed by atoms with Crippen LogP contribution < -0.4 is 24.8 Å². The predicted molar refractivity (Wildman–Crippen MR) is 167 cm³/mol. The topological polar surface area (TPSA) is 0 Å². The fourth-order valence-corrected chi connectivity index (χ4v) is 5.89. The van der Waals surface area contributed by atoms with Crippen LogP contribution in [-0.4, -0.2) is 3.21 Å². The molecule has 0 N–H and O–H groups in total. The second kappa shape index (κ2) is 13.3. The van der Waals surface area contributed by atoms with Crippen LogP contribution in [0.5, 0.6) is 0 Å². The molecule has 0 amide bonds. The van der Waals surface area contributed by atoms with E-state index in [-0.39, 0.29) is 35.6 Å². The summed E-state index contributed by atoms with van der Waals surface area (Å²) in [5.74, 6) is 0.556. The normalized spacial score (nSPS) is 19.3. The quantitative estimate of drug-likeness (QED) is 0.313. The molecule has 3 aromatic rings. The summed E-state index contributed by atoms with van der Waals surface area (Å²) in [6, 6.07) is 12.3. The maximum atomic E-state index is 3.15. The summed E-state index contributed by atoms with van der Waals surface area (Å²) in [4.78, 5) is 0. The molecule has 1 unspecified atom stereocenters.